The van der Waals surface area contributed by atoms with Crippen molar-refractivity contribution in [2.45, 2.75) is 32.0 Å². The third kappa shape index (κ3) is 5.27. The third-order valence-electron chi connectivity index (χ3n) is 5.15. The predicted octanol–water partition coefficient (Wildman–Crippen LogP) is 4.25. The van der Waals surface area contributed by atoms with E-state index in [1.165, 1.54) is 25.1 Å². The van der Waals surface area contributed by atoms with Gasteiger partial charge in [-0.3, -0.25) is 0 Å². The van der Waals surface area contributed by atoms with Crippen LogP contribution in [0.5, 0.6) is 11.5 Å². The second-order valence-corrected chi connectivity index (χ2v) is 7.07. The molecule has 144 valence electrons. The lowest BCUT2D eigenvalue weighted by molar-refractivity contribution is 0.189. The van der Waals surface area contributed by atoms with E-state index >= 15 is 0 Å². The smallest absolute Gasteiger partial charge is 0.161 e. The molecule has 1 saturated heterocycles. The number of hydrogen-bond acceptors (Lipinski definition) is 4. The Bertz CT molecular complexity index is 744. The van der Waals surface area contributed by atoms with Crippen LogP contribution in [0.4, 0.5) is 0 Å². The summed E-state index contributed by atoms with van der Waals surface area (Å²) in [7, 11) is 3.76. The van der Waals surface area contributed by atoms with Crippen molar-refractivity contribution in [3.8, 4) is 11.5 Å². The zero-order valence-corrected chi connectivity index (χ0v) is 16.2. The van der Waals surface area contributed by atoms with E-state index in [2.05, 4.69) is 11.9 Å². The largest absolute Gasteiger partial charge is 0.493 e. The number of fused-ring (bicyclic) bond motifs is 1. The summed E-state index contributed by atoms with van der Waals surface area (Å²) in [6.07, 6.45) is 5.28. The molecule has 2 unspecified atom stereocenters. The Morgan fingerprint density at radius 3 is 2.41 bits per heavy atom. The maximum atomic E-state index is 9.37. The van der Waals surface area contributed by atoms with Crippen LogP contribution in [0.2, 0.25) is 0 Å². The fourth-order valence-corrected chi connectivity index (χ4v) is 3.62. The average molecular weight is 367 g/mol. The lowest BCUT2D eigenvalue weighted by Crippen LogP contribution is -2.20. The number of likely N-dealkylation sites (tertiary alicyclic amines) is 1. The molecule has 4 rings (SSSR count). The number of aliphatic hydroxyl groups is 1. The summed E-state index contributed by atoms with van der Waals surface area (Å²) in [6.45, 7) is 1.73. The lowest BCUT2D eigenvalue weighted by atomic mass is 9.91. The minimum Gasteiger partial charge on any atom is -0.493 e. The Hall–Kier alpha value is -2.46. The second-order valence-electron chi connectivity index (χ2n) is 7.07. The van der Waals surface area contributed by atoms with Gasteiger partial charge in [0.05, 0.1) is 13.2 Å². The van der Waals surface area contributed by atoms with Crippen LogP contribution >= 0.6 is 0 Å². The summed E-state index contributed by atoms with van der Waals surface area (Å²) in [4.78, 5) is 2.27. The first-order valence-electron chi connectivity index (χ1n) is 9.58. The van der Waals surface area contributed by atoms with Gasteiger partial charge in [0.15, 0.2) is 11.5 Å². The highest BCUT2D eigenvalue weighted by molar-refractivity contribution is 5.39. The van der Waals surface area contributed by atoms with E-state index in [0.717, 1.165) is 29.4 Å². The standard InChI is InChI=1S/C14H14O2.C9H15NO/c1-15-13-9-5-6-10-14(13)16-11-12-7-3-2-4-8-12;1-10-5-4-7-2-3-8(11)6-9(7)10/h2-10H,11H2,1H3;6-8,11H,2-5H2,1H3. The highest BCUT2D eigenvalue weighted by Gasteiger charge is 2.29. The Morgan fingerprint density at radius 2 is 1.67 bits per heavy atom. The molecule has 0 spiro atoms. The van der Waals surface area contributed by atoms with Crippen molar-refractivity contribution in [3.63, 3.8) is 0 Å². The average Bonchev–Trinajstić information content (AvgIpc) is 3.08. The van der Waals surface area contributed by atoms with Gasteiger partial charge in [-0.2, -0.15) is 0 Å². The van der Waals surface area contributed by atoms with Gasteiger partial charge in [-0.1, -0.05) is 42.5 Å². The van der Waals surface area contributed by atoms with E-state index in [9.17, 15) is 5.11 Å². The zero-order chi connectivity index (χ0) is 19.1. The van der Waals surface area contributed by atoms with E-state index in [1.54, 1.807) is 7.11 Å². The Kier molecular flexibility index (Phi) is 6.77. The molecule has 0 aromatic heterocycles. The molecule has 4 heteroatoms. The normalized spacial score (nSPS) is 20.9. The quantitative estimate of drug-likeness (QED) is 0.877. The fraction of sp³-hybridized carbons (Fsp3) is 0.391. The summed E-state index contributed by atoms with van der Waals surface area (Å²) in [5, 5.41) is 9.37. The molecule has 1 aliphatic carbocycles. The number of rotatable bonds is 4. The molecule has 2 atom stereocenters. The summed E-state index contributed by atoms with van der Waals surface area (Å²) >= 11 is 0. The van der Waals surface area contributed by atoms with Crippen molar-refractivity contribution in [2.24, 2.45) is 5.92 Å². The number of para-hydroxylation sites is 2. The summed E-state index contributed by atoms with van der Waals surface area (Å²) < 4.78 is 10.9. The Labute approximate surface area is 162 Å². The molecule has 0 radical (unpaired) electrons. The van der Waals surface area contributed by atoms with Crippen LogP contribution in [0.25, 0.3) is 0 Å². The van der Waals surface area contributed by atoms with Gasteiger partial charge < -0.3 is 19.5 Å². The molecule has 2 aromatic rings. The van der Waals surface area contributed by atoms with Gasteiger partial charge in [-0.25, -0.2) is 0 Å². The van der Waals surface area contributed by atoms with Gasteiger partial charge in [0.25, 0.3) is 0 Å². The molecule has 1 heterocycles. The number of ether oxygens (including phenoxy) is 2. The molecule has 27 heavy (non-hydrogen) atoms. The third-order valence-corrected chi connectivity index (χ3v) is 5.15. The van der Waals surface area contributed by atoms with Crippen molar-refractivity contribution in [1.82, 2.24) is 4.90 Å². The van der Waals surface area contributed by atoms with E-state index < -0.39 is 0 Å². The zero-order valence-electron chi connectivity index (χ0n) is 16.2. The maximum absolute atomic E-state index is 9.37. The summed E-state index contributed by atoms with van der Waals surface area (Å²) in [6, 6.07) is 17.7. The number of nitrogens with zero attached hydrogens (tertiary/aromatic N) is 1. The van der Waals surface area contributed by atoms with Crippen LogP contribution in [0.3, 0.4) is 0 Å². The highest BCUT2D eigenvalue weighted by Crippen LogP contribution is 2.34. The van der Waals surface area contributed by atoms with Gasteiger partial charge in [-0.15, -0.1) is 0 Å². The molecule has 0 amide bonds. The van der Waals surface area contributed by atoms with Gasteiger partial charge in [0.2, 0.25) is 0 Å². The SMILES string of the molecule is CN1CCC2CCC(O)C=C21.COc1ccccc1OCc1ccccc1. The monoisotopic (exact) mass is 367 g/mol. The van der Waals surface area contributed by atoms with Crippen LogP contribution in [0.15, 0.2) is 66.4 Å². The van der Waals surface area contributed by atoms with Crippen molar-refractivity contribution in [1.29, 1.82) is 0 Å². The number of methoxy groups -OCH3 is 1. The van der Waals surface area contributed by atoms with Crippen molar-refractivity contribution >= 4 is 0 Å². The number of allylic oxidation sites excluding steroid dienone is 1. The van der Waals surface area contributed by atoms with Crippen molar-refractivity contribution < 1.29 is 14.6 Å². The molecule has 2 aromatic carbocycles. The first-order chi connectivity index (χ1) is 13.2. The van der Waals surface area contributed by atoms with Crippen LogP contribution in [-0.4, -0.2) is 36.8 Å². The molecular formula is C23H29NO3. The number of hydrogen-bond donors (Lipinski definition) is 1. The van der Waals surface area contributed by atoms with E-state index in [1.807, 2.05) is 60.7 Å². The van der Waals surface area contributed by atoms with Crippen molar-refractivity contribution in [2.75, 3.05) is 20.7 Å². The summed E-state index contributed by atoms with van der Waals surface area (Å²) in [5.74, 6) is 2.29. The number of aliphatic hydroxyl groups excluding tert-OH is 1. The van der Waals surface area contributed by atoms with E-state index in [4.69, 9.17) is 9.47 Å². The molecule has 2 aliphatic rings. The van der Waals surface area contributed by atoms with Gasteiger partial charge >= 0.3 is 0 Å². The summed E-state index contributed by atoms with van der Waals surface area (Å²) in [5.41, 5.74) is 2.53. The topological polar surface area (TPSA) is 41.9 Å². The van der Waals surface area contributed by atoms with Crippen LogP contribution in [-0.2, 0) is 6.61 Å². The fourth-order valence-electron chi connectivity index (χ4n) is 3.62. The number of benzene rings is 2. The Morgan fingerprint density at radius 1 is 0.963 bits per heavy atom. The minimum absolute atomic E-state index is 0.179. The van der Waals surface area contributed by atoms with Gasteiger partial charge in [0, 0.05) is 25.2 Å². The first kappa shape index (κ1) is 19.3. The maximum Gasteiger partial charge on any atom is 0.161 e. The molecule has 0 saturated carbocycles. The highest BCUT2D eigenvalue weighted by atomic mass is 16.5. The molecule has 1 fully saturated rings. The first-order valence-corrected chi connectivity index (χ1v) is 9.58. The van der Waals surface area contributed by atoms with E-state index in [0.29, 0.717) is 6.61 Å². The molecule has 4 nitrogen and oxygen atoms in total. The second kappa shape index (κ2) is 9.47. The van der Waals surface area contributed by atoms with E-state index in [-0.39, 0.29) is 6.10 Å². The van der Waals surface area contributed by atoms with Crippen LogP contribution < -0.4 is 9.47 Å². The van der Waals surface area contributed by atoms with Crippen LogP contribution in [0.1, 0.15) is 24.8 Å². The molecular weight excluding hydrogens is 338 g/mol. The van der Waals surface area contributed by atoms with Crippen molar-refractivity contribution in [3.05, 3.63) is 71.9 Å². The predicted molar refractivity (Wildman–Crippen MR) is 108 cm³/mol. The minimum atomic E-state index is -0.179. The van der Waals surface area contributed by atoms with Crippen LogP contribution in [0, 0.1) is 5.92 Å². The molecule has 0 bridgehead atoms. The van der Waals surface area contributed by atoms with Gasteiger partial charge in [0.1, 0.15) is 6.61 Å². The Balaban J connectivity index is 0.000000166. The van der Waals surface area contributed by atoms with Gasteiger partial charge in [-0.05, 0) is 43.0 Å². The molecule has 1 aliphatic heterocycles. The molecule has 1 N–H and O–H groups in total. The lowest BCUT2D eigenvalue weighted by Gasteiger charge is -2.24.